The standard InChI is InChI=1S/C40H22OS/c1-2-8-26-25(7-1)30-10-5-11-31-27(18-19-32(26)39(30)31)33-12-6-13-34-29-17-15-24(22-38(29)42-40(33)34)23-16-20-37-35(21-23)28-9-3-4-14-36(28)41-37/h1-22H. The third-order valence-electron chi connectivity index (χ3n) is 9.05. The Hall–Kier alpha value is -5.18. The van der Waals surface area contributed by atoms with Gasteiger partial charge in [-0.3, -0.25) is 0 Å². The summed E-state index contributed by atoms with van der Waals surface area (Å²) in [6.45, 7) is 0. The third-order valence-corrected chi connectivity index (χ3v) is 10.2. The van der Waals surface area contributed by atoms with Gasteiger partial charge in [-0.15, -0.1) is 11.3 Å². The zero-order chi connectivity index (χ0) is 27.4. The number of para-hydroxylation sites is 1. The van der Waals surface area contributed by atoms with Gasteiger partial charge < -0.3 is 4.42 Å². The number of furan rings is 1. The zero-order valence-electron chi connectivity index (χ0n) is 22.5. The largest absolute Gasteiger partial charge is 0.456 e. The molecule has 0 atom stereocenters. The minimum Gasteiger partial charge on any atom is -0.456 e. The molecule has 9 aromatic rings. The summed E-state index contributed by atoms with van der Waals surface area (Å²) >= 11 is 1.90. The predicted molar refractivity (Wildman–Crippen MR) is 179 cm³/mol. The normalized spacial score (nSPS) is 12.3. The third kappa shape index (κ3) is 2.97. The van der Waals surface area contributed by atoms with Crippen molar-refractivity contribution in [1.29, 1.82) is 0 Å². The van der Waals surface area contributed by atoms with Gasteiger partial charge in [-0.05, 0) is 74.0 Å². The van der Waals surface area contributed by atoms with E-state index in [4.69, 9.17) is 4.42 Å². The number of hydrogen-bond acceptors (Lipinski definition) is 2. The predicted octanol–water partition coefficient (Wildman–Crippen LogP) is 12.1. The fourth-order valence-corrected chi connectivity index (χ4v) is 8.41. The highest BCUT2D eigenvalue weighted by molar-refractivity contribution is 7.26. The van der Waals surface area contributed by atoms with Crippen LogP contribution in [0.5, 0.6) is 0 Å². The summed E-state index contributed by atoms with van der Waals surface area (Å²) in [5.41, 5.74) is 12.3. The SMILES string of the molecule is c1ccc2c(c1)-c1cccc3c(-c4cccc5c4sc4cc(-c6ccc7oc8ccccc8c7c6)ccc45)ccc-2c13. The first-order chi connectivity index (χ1) is 20.8. The number of thiophene rings is 1. The molecule has 0 fully saturated rings. The van der Waals surface area contributed by atoms with E-state index in [0.29, 0.717) is 0 Å². The molecule has 1 aliphatic rings. The molecular formula is C40H22OS. The van der Waals surface area contributed by atoms with Gasteiger partial charge in [-0.25, -0.2) is 0 Å². The van der Waals surface area contributed by atoms with Crippen molar-refractivity contribution in [2.24, 2.45) is 0 Å². The van der Waals surface area contributed by atoms with Gasteiger partial charge >= 0.3 is 0 Å². The van der Waals surface area contributed by atoms with Gasteiger partial charge in [0.25, 0.3) is 0 Å². The van der Waals surface area contributed by atoms with Crippen LogP contribution in [-0.4, -0.2) is 0 Å². The van der Waals surface area contributed by atoms with Crippen LogP contribution in [0.25, 0.3) is 97.4 Å². The lowest BCUT2D eigenvalue weighted by Crippen LogP contribution is -1.83. The molecule has 194 valence electrons. The number of hydrogen-bond donors (Lipinski definition) is 0. The second kappa shape index (κ2) is 8.19. The second-order valence-electron chi connectivity index (χ2n) is 11.2. The lowest BCUT2D eigenvalue weighted by atomic mass is 9.93. The molecular weight excluding hydrogens is 529 g/mol. The fourth-order valence-electron chi connectivity index (χ4n) is 7.14. The van der Waals surface area contributed by atoms with Crippen LogP contribution in [-0.2, 0) is 0 Å². The molecule has 2 heterocycles. The van der Waals surface area contributed by atoms with E-state index in [0.717, 1.165) is 21.9 Å². The Morgan fingerprint density at radius 2 is 1.02 bits per heavy atom. The van der Waals surface area contributed by atoms with Crippen molar-refractivity contribution in [2.45, 2.75) is 0 Å². The molecule has 0 bridgehead atoms. The molecule has 0 saturated carbocycles. The lowest BCUT2D eigenvalue weighted by molar-refractivity contribution is 0.669. The minimum absolute atomic E-state index is 0.931. The summed E-state index contributed by atoms with van der Waals surface area (Å²) in [5, 5.41) is 7.66. The maximum Gasteiger partial charge on any atom is 0.135 e. The highest BCUT2D eigenvalue weighted by atomic mass is 32.1. The van der Waals surface area contributed by atoms with Crippen molar-refractivity contribution in [3.63, 3.8) is 0 Å². The van der Waals surface area contributed by atoms with Crippen LogP contribution in [0.15, 0.2) is 138 Å². The number of rotatable bonds is 2. The molecule has 0 spiro atoms. The number of benzene rings is 7. The van der Waals surface area contributed by atoms with Crippen LogP contribution in [0.1, 0.15) is 0 Å². The first-order valence-electron chi connectivity index (χ1n) is 14.3. The van der Waals surface area contributed by atoms with Gasteiger partial charge in [-0.1, -0.05) is 109 Å². The summed E-state index contributed by atoms with van der Waals surface area (Å²) in [6.07, 6.45) is 0. The molecule has 7 aromatic carbocycles. The fraction of sp³-hybridized carbons (Fsp3) is 0. The molecule has 42 heavy (non-hydrogen) atoms. The van der Waals surface area contributed by atoms with Crippen molar-refractivity contribution in [1.82, 2.24) is 0 Å². The van der Waals surface area contributed by atoms with E-state index in [2.05, 4.69) is 121 Å². The highest BCUT2D eigenvalue weighted by Crippen LogP contribution is 2.50. The Morgan fingerprint density at radius 3 is 1.93 bits per heavy atom. The molecule has 0 amide bonds. The number of fused-ring (bicyclic) bond motifs is 9. The summed E-state index contributed by atoms with van der Waals surface area (Å²) < 4.78 is 8.73. The highest BCUT2D eigenvalue weighted by Gasteiger charge is 2.23. The molecule has 1 nitrogen and oxygen atoms in total. The Kier molecular flexibility index (Phi) is 4.39. The molecule has 0 unspecified atom stereocenters. The Bertz CT molecular complexity index is 2550. The van der Waals surface area contributed by atoms with Crippen molar-refractivity contribution >= 4 is 64.2 Å². The minimum atomic E-state index is 0.931. The van der Waals surface area contributed by atoms with Crippen LogP contribution in [0.2, 0.25) is 0 Å². The van der Waals surface area contributed by atoms with E-state index in [9.17, 15) is 0 Å². The average molecular weight is 551 g/mol. The molecule has 1 aliphatic carbocycles. The smallest absolute Gasteiger partial charge is 0.135 e. The zero-order valence-corrected chi connectivity index (χ0v) is 23.3. The summed E-state index contributed by atoms with van der Waals surface area (Å²) in [7, 11) is 0. The molecule has 10 rings (SSSR count). The van der Waals surface area contributed by atoms with Crippen LogP contribution < -0.4 is 0 Å². The summed E-state index contributed by atoms with van der Waals surface area (Å²) in [6, 6.07) is 48.8. The average Bonchev–Trinajstić information content (AvgIpc) is 3.71. The first kappa shape index (κ1) is 22.5. The van der Waals surface area contributed by atoms with Gasteiger partial charge in [0.1, 0.15) is 11.2 Å². The maximum absolute atomic E-state index is 6.08. The van der Waals surface area contributed by atoms with Gasteiger partial charge in [0.2, 0.25) is 0 Å². The summed E-state index contributed by atoms with van der Waals surface area (Å²) in [5.74, 6) is 0. The second-order valence-corrected chi connectivity index (χ2v) is 12.3. The monoisotopic (exact) mass is 550 g/mol. The van der Waals surface area contributed by atoms with Crippen LogP contribution >= 0.6 is 11.3 Å². The Labute approximate surface area is 245 Å². The quantitative estimate of drug-likeness (QED) is 0.209. The van der Waals surface area contributed by atoms with E-state index < -0.39 is 0 Å². The Morgan fingerprint density at radius 1 is 0.381 bits per heavy atom. The van der Waals surface area contributed by atoms with Crippen molar-refractivity contribution in [3.05, 3.63) is 133 Å². The molecule has 0 radical (unpaired) electrons. The van der Waals surface area contributed by atoms with E-state index in [1.165, 1.54) is 75.5 Å². The van der Waals surface area contributed by atoms with Crippen molar-refractivity contribution < 1.29 is 4.42 Å². The molecule has 0 saturated heterocycles. The van der Waals surface area contributed by atoms with E-state index in [1.54, 1.807) is 0 Å². The van der Waals surface area contributed by atoms with Crippen LogP contribution in [0, 0.1) is 0 Å². The van der Waals surface area contributed by atoms with Gasteiger partial charge in [0.15, 0.2) is 0 Å². The molecule has 2 aromatic heterocycles. The molecule has 0 N–H and O–H groups in total. The van der Waals surface area contributed by atoms with Crippen molar-refractivity contribution in [3.8, 4) is 44.5 Å². The lowest BCUT2D eigenvalue weighted by Gasteiger charge is -2.10. The molecule has 0 aliphatic heterocycles. The first-order valence-corrected chi connectivity index (χ1v) is 15.2. The van der Waals surface area contributed by atoms with E-state index in [-0.39, 0.29) is 0 Å². The van der Waals surface area contributed by atoms with E-state index >= 15 is 0 Å². The topological polar surface area (TPSA) is 13.1 Å². The van der Waals surface area contributed by atoms with Crippen LogP contribution in [0.4, 0.5) is 0 Å². The maximum atomic E-state index is 6.08. The van der Waals surface area contributed by atoms with Crippen molar-refractivity contribution in [2.75, 3.05) is 0 Å². The van der Waals surface area contributed by atoms with Gasteiger partial charge in [0.05, 0.1) is 0 Å². The van der Waals surface area contributed by atoms with E-state index in [1.807, 2.05) is 23.5 Å². The summed E-state index contributed by atoms with van der Waals surface area (Å²) in [4.78, 5) is 0. The molecule has 2 heteroatoms. The van der Waals surface area contributed by atoms with Gasteiger partial charge in [0, 0.05) is 36.5 Å². The Balaban J connectivity index is 1.16. The van der Waals surface area contributed by atoms with Gasteiger partial charge in [-0.2, -0.15) is 0 Å². The van der Waals surface area contributed by atoms with Crippen LogP contribution in [0.3, 0.4) is 0 Å².